The molecule has 1 atom stereocenters. The van der Waals surface area contributed by atoms with Crippen molar-refractivity contribution in [3.05, 3.63) is 0 Å². The number of amides is 1. The van der Waals surface area contributed by atoms with Crippen LogP contribution >= 0.6 is 0 Å². The molecule has 1 unspecified atom stereocenters. The van der Waals surface area contributed by atoms with Crippen molar-refractivity contribution in [3.8, 4) is 0 Å². The number of carbonyl (C=O) groups is 1. The van der Waals surface area contributed by atoms with Crippen LogP contribution in [0.25, 0.3) is 0 Å². The highest BCUT2D eigenvalue weighted by Gasteiger charge is 2.04. The fraction of sp³-hybridized carbons (Fsp3) is 0.800. The van der Waals surface area contributed by atoms with Gasteiger partial charge >= 0.3 is 6.09 Å². The van der Waals surface area contributed by atoms with Crippen LogP contribution in [-0.4, -0.2) is 23.8 Å². The quantitative estimate of drug-likeness (QED) is 0.505. The molecule has 0 saturated carbocycles. The average molecular weight is 132 g/mol. The zero-order valence-electron chi connectivity index (χ0n) is 5.42. The van der Waals surface area contributed by atoms with Crippen LogP contribution in [0.15, 0.2) is 0 Å². The van der Waals surface area contributed by atoms with Crippen molar-refractivity contribution in [2.24, 2.45) is 5.73 Å². The summed E-state index contributed by atoms with van der Waals surface area (Å²) in [7, 11) is 0. The van der Waals surface area contributed by atoms with E-state index in [0.29, 0.717) is 6.54 Å². The Hall–Kier alpha value is -0.770. The second-order valence-corrected chi connectivity index (χ2v) is 1.79. The smallest absolute Gasteiger partial charge is 0.404 e. The lowest BCUT2D eigenvalue weighted by Gasteiger charge is -2.10. The van der Waals surface area contributed by atoms with Gasteiger partial charge < -0.3 is 16.2 Å². The topological polar surface area (TPSA) is 75.3 Å². The Morgan fingerprint density at radius 3 is 2.56 bits per heavy atom. The highest BCUT2D eigenvalue weighted by Crippen LogP contribution is 1.85. The first kappa shape index (κ1) is 8.23. The molecule has 0 heterocycles. The van der Waals surface area contributed by atoms with Crippen LogP contribution in [0.1, 0.15) is 13.3 Å². The molecule has 0 aromatic heterocycles. The molecule has 9 heavy (non-hydrogen) atoms. The van der Waals surface area contributed by atoms with Crippen molar-refractivity contribution in [2.45, 2.75) is 19.4 Å². The molecule has 0 aromatic rings. The normalized spacial score (nSPS) is 12.7. The van der Waals surface area contributed by atoms with E-state index in [1.165, 1.54) is 0 Å². The van der Waals surface area contributed by atoms with Gasteiger partial charge in [0, 0.05) is 12.6 Å². The van der Waals surface area contributed by atoms with Gasteiger partial charge in [0.2, 0.25) is 0 Å². The van der Waals surface area contributed by atoms with E-state index in [1.54, 1.807) is 0 Å². The molecule has 0 rings (SSSR count). The second kappa shape index (κ2) is 4.14. The van der Waals surface area contributed by atoms with Crippen molar-refractivity contribution in [1.82, 2.24) is 5.32 Å². The minimum Gasteiger partial charge on any atom is -0.465 e. The van der Waals surface area contributed by atoms with Crippen molar-refractivity contribution < 1.29 is 9.90 Å². The maximum atomic E-state index is 9.96. The molecule has 4 N–H and O–H groups in total. The average Bonchev–Trinajstić information content (AvgIpc) is 1.82. The molecular weight excluding hydrogens is 120 g/mol. The van der Waals surface area contributed by atoms with Crippen molar-refractivity contribution in [1.29, 1.82) is 0 Å². The molecule has 0 aliphatic heterocycles. The second-order valence-electron chi connectivity index (χ2n) is 1.79. The molecule has 0 aliphatic rings. The van der Waals surface area contributed by atoms with Crippen molar-refractivity contribution in [2.75, 3.05) is 6.54 Å². The first-order chi connectivity index (χ1) is 4.20. The first-order valence-electron chi connectivity index (χ1n) is 2.90. The summed E-state index contributed by atoms with van der Waals surface area (Å²) in [6, 6.07) is -0.0949. The highest BCUT2D eigenvalue weighted by atomic mass is 16.4. The fourth-order valence-electron chi connectivity index (χ4n) is 0.502. The van der Waals surface area contributed by atoms with Gasteiger partial charge in [-0.3, -0.25) is 0 Å². The Labute approximate surface area is 54.0 Å². The summed E-state index contributed by atoms with van der Waals surface area (Å²) in [5.41, 5.74) is 5.21. The van der Waals surface area contributed by atoms with E-state index in [0.717, 1.165) is 6.42 Å². The summed E-state index contributed by atoms with van der Waals surface area (Å²) in [6.07, 6.45) is -0.268. The standard InChI is InChI=1S/C5H12N2O2/c1-2-4(3-6)7-5(8)9/h4,7H,2-3,6H2,1H3,(H,8,9). The number of nitrogens with two attached hydrogens (primary N) is 1. The third-order valence-electron chi connectivity index (χ3n) is 1.10. The Kier molecular flexibility index (Phi) is 3.79. The van der Waals surface area contributed by atoms with E-state index in [2.05, 4.69) is 5.32 Å². The third kappa shape index (κ3) is 3.78. The maximum Gasteiger partial charge on any atom is 0.404 e. The van der Waals surface area contributed by atoms with Crippen LogP contribution in [0.2, 0.25) is 0 Å². The minimum absolute atomic E-state index is 0.0949. The first-order valence-corrected chi connectivity index (χ1v) is 2.90. The van der Waals surface area contributed by atoms with E-state index >= 15 is 0 Å². The molecule has 0 aromatic carbocycles. The number of carboxylic acid groups (broad SMARTS) is 1. The van der Waals surface area contributed by atoms with Gasteiger partial charge in [-0.2, -0.15) is 0 Å². The molecule has 54 valence electrons. The van der Waals surface area contributed by atoms with Gasteiger partial charge in [0.1, 0.15) is 0 Å². The molecule has 0 fully saturated rings. The van der Waals surface area contributed by atoms with E-state index < -0.39 is 6.09 Å². The van der Waals surface area contributed by atoms with Crippen LogP contribution in [0, 0.1) is 0 Å². The molecule has 0 bridgehead atoms. The van der Waals surface area contributed by atoms with E-state index in [1.807, 2.05) is 6.92 Å². The molecule has 0 radical (unpaired) electrons. The third-order valence-corrected chi connectivity index (χ3v) is 1.10. The summed E-state index contributed by atoms with van der Waals surface area (Å²) in [4.78, 5) is 9.96. The minimum atomic E-state index is -1.01. The molecule has 4 nitrogen and oxygen atoms in total. The van der Waals surface area contributed by atoms with Gasteiger partial charge in [0.15, 0.2) is 0 Å². The Bertz CT molecular complexity index is 91.0. The summed E-state index contributed by atoms with van der Waals surface area (Å²) >= 11 is 0. The van der Waals surface area contributed by atoms with E-state index in [9.17, 15) is 4.79 Å². The predicted octanol–water partition coefficient (Wildman–Crippen LogP) is -0.00870. The summed E-state index contributed by atoms with van der Waals surface area (Å²) < 4.78 is 0. The lowest BCUT2D eigenvalue weighted by Crippen LogP contribution is -2.38. The van der Waals surface area contributed by atoms with Gasteiger partial charge in [-0.1, -0.05) is 6.92 Å². The number of hydrogen-bond donors (Lipinski definition) is 3. The SMILES string of the molecule is CCC(CN)NC(=O)O. The lowest BCUT2D eigenvalue weighted by molar-refractivity contribution is 0.190. The monoisotopic (exact) mass is 132 g/mol. The Balaban J connectivity index is 3.43. The van der Waals surface area contributed by atoms with Crippen LogP contribution in [-0.2, 0) is 0 Å². The van der Waals surface area contributed by atoms with Gasteiger partial charge in [0.05, 0.1) is 0 Å². The van der Waals surface area contributed by atoms with Gasteiger partial charge in [0.25, 0.3) is 0 Å². The van der Waals surface area contributed by atoms with Gasteiger partial charge in [-0.05, 0) is 6.42 Å². The zero-order chi connectivity index (χ0) is 7.28. The van der Waals surface area contributed by atoms with Gasteiger partial charge in [-0.25, -0.2) is 4.79 Å². The summed E-state index contributed by atoms with van der Waals surface area (Å²) in [6.45, 7) is 2.25. The van der Waals surface area contributed by atoms with Crippen molar-refractivity contribution in [3.63, 3.8) is 0 Å². The van der Waals surface area contributed by atoms with Gasteiger partial charge in [-0.15, -0.1) is 0 Å². The molecular formula is C5H12N2O2. The number of nitrogens with one attached hydrogen (secondary N) is 1. The van der Waals surface area contributed by atoms with Crippen LogP contribution in [0.5, 0.6) is 0 Å². The van der Waals surface area contributed by atoms with E-state index in [-0.39, 0.29) is 6.04 Å². The van der Waals surface area contributed by atoms with Crippen molar-refractivity contribution >= 4 is 6.09 Å². The van der Waals surface area contributed by atoms with Crippen LogP contribution in [0.3, 0.4) is 0 Å². The summed E-state index contributed by atoms with van der Waals surface area (Å²) in [5.74, 6) is 0. The van der Waals surface area contributed by atoms with Crippen LogP contribution < -0.4 is 11.1 Å². The number of hydrogen-bond acceptors (Lipinski definition) is 2. The van der Waals surface area contributed by atoms with E-state index in [4.69, 9.17) is 10.8 Å². The Morgan fingerprint density at radius 2 is 2.44 bits per heavy atom. The lowest BCUT2D eigenvalue weighted by atomic mass is 10.2. The molecule has 0 spiro atoms. The predicted molar refractivity (Wildman–Crippen MR) is 34.3 cm³/mol. The number of rotatable bonds is 3. The van der Waals surface area contributed by atoms with Crippen LogP contribution in [0.4, 0.5) is 4.79 Å². The summed E-state index contributed by atoms with van der Waals surface area (Å²) in [5, 5.41) is 10.5. The Morgan fingerprint density at radius 1 is 1.89 bits per heavy atom. The zero-order valence-corrected chi connectivity index (χ0v) is 5.42. The molecule has 0 saturated heterocycles. The maximum absolute atomic E-state index is 9.96. The fourth-order valence-corrected chi connectivity index (χ4v) is 0.502. The molecule has 1 amide bonds. The highest BCUT2D eigenvalue weighted by molar-refractivity contribution is 5.64. The molecule has 0 aliphatic carbocycles. The molecule has 4 heteroatoms. The largest absolute Gasteiger partial charge is 0.465 e.